The van der Waals surface area contributed by atoms with Gasteiger partial charge >= 0.3 is 17.9 Å². The molecule has 1 heterocycles. The summed E-state index contributed by atoms with van der Waals surface area (Å²) in [6.07, 6.45) is -2.22. The van der Waals surface area contributed by atoms with Gasteiger partial charge in [0.1, 0.15) is 24.4 Å². The van der Waals surface area contributed by atoms with Crippen molar-refractivity contribution in [1.29, 1.82) is 0 Å². The van der Waals surface area contributed by atoms with Gasteiger partial charge in [-0.15, -0.1) is 0 Å². The number of halogens is 1. The second-order valence-electron chi connectivity index (χ2n) is 4.34. The predicted octanol–water partition coefficient (Wildman–Crippen LogP) is 0.767. The van der Waals surface area contributed by atoms with E-state index in [-0.39, 0.29) is 13.0 Å². The molecule has 114 valence electrons. The molecule has 1 saturated heterocycles. The maximum atomic E-state index is 11.1. The van der Waals surface area contributed by atoms with Crippen LogP contribution in [0, 0.1) is 0 Å². The zero-order chi connectivity index (χ0) is 15.3. The highest BCUT2D eigenvalue weighted by Crippen LogP contribution is 2.27. The fraction of sp³-hybridized carbons (Fsp3) is 0.750. The lowest BCUT2D eigenvalue weighted by Gasteiger charge is -2.38. The van der Waals surface area contributed by atoms with Crippen molar-refractivity contribution in [1.82, 2.24) is 0 Å². The Bertz CT molecular complexity index is 384. The van der Waals surface area contributed by atoms with Gasteiger partial charge in [0.2, 0.25) is 0 Å². The van der Waals surface area contributed by atoms with Gasteiger partial charge in [0.05, 0.1) is 0 Å². The van der Waals surface area contributed by atoms with E-state index in [4.69, 9.17) is 30.5 Å². The molecular weight excluding hydrogens is 292 g/mol. The highest BCUT2D eigenvalue weighted by molar-refractivity contribution is 6.19. The first-order valence-electron chi connectivity index (χ1n) is 6.07. The molecule has 0 bridgehead atoms. The van der Waals surface area contributed by atoms with E-state index in [1.807, 2.05) is 0 Å². The van der Waals surface area contributed by atoms with Crippen molar-refractivity contribution in [3.05, 3.63) is 0 Å². The average Bonchev–Trinajstić information content (AvgIpc) is 2.28. The number of carbonyl (C=O) groups is 3. The lowest BCUT2D eigenvalue weighted by Crippen LogP contribution is -2.52. The predicted molar refractivity (Wildman–Crippen MR) is 66.9 cm³/mol. The third-order valence-corrected chi connectivity index (χ3v) is 2.82. The molecule has 8 heteroatoms. The van der Waals surface area contributed by atoms with Gasteiger partial charge in [-0.25, -0.2) is 0 Å². The van der Waals surface area contributed by atoms with Gasteiger partial charge in [-0.1, -0.05) is 11.6 Å². The highest BCUT2D eigenvalue weighted by atomic mass is 35.5. The molecule has 0 aromatic heterocycles. The summed E-state index contributed by atoms with van der Waals surface area (Å²) in [6, 6.07) is 0. The molecule has 20 heavy (non-hydrogen) atoms. The molecule has 1 fully saturated rings. The maximum Gasteiger partial charge on any atom is 0.303 e. The van der Waals surface area contributed by atoms with E-state index in [9.17, 15) is 14.4 Å². The van der Waals surface area contributed by atoms with Gasteiger partial charge in [0, 0.05) is 27.2 Å². The molecule has 1 aliphatic heterocycles. The van der Waals surface area contributed by atoms with Crippen LogP contribution in [0.1, 0.15) is 27.2 Å². The third kappa shape index (κ3) is 5.34. The first-order chi connectivity index (χ1) is 9.29. The first kappa shape index (κ1) is 16.7. The van der Waals surface area contributed by atoms with Crippen molar-refractivity contribution in [3.63, 3.8) is 0 Å². The molecule has 0 unspecified atom stereocenters. The molecule has 0 aromatic rings. The van der Waals surface area contributed by atoms with E-state index < -0.39 is 41.8 Å². The number of hydrogen-bond acceptors (Lipinski definition) is 7. The third-order valence-electron chi connectivity index (χ3n) is 2.54. The Labute approximate surface area is 121 Å². The van der Waals surface area contributed by atoms with E-state index in [1.165, 1.54) is 20.8 Å². The van der Waals surface area contributed by atoms with Crippen LogP contribution in [-0.2, 0) is 33.3 Å². The average molecular weight is 309 g/mol. The minimum absolute atomic E-state index is 0.145. The zero-order valence-electron chi connectivity index (χ0n) is 11.5. The van der Waals surface area contributed by atoms with Crippen LogP contribution in [0.15, 0.2) is 0 Å². The van der Waals surface area contributed by atoms with Crippen molar-refractivity contribution < 1.29 is 33.3 Å². The topological polar surface area (TPSA) is 88.1 Å². The van der Waals surface area contributed by atoms with Gasteiger partial charge < -0.3 is 18.9 Å². The van der Waals surface area contributed by atoms with Crippen LogP contribution in [0.3, 0.4) is 0 Å². The van der Waals surface area contributed by atoms with E-state index in [0.717, 1.165) is 0 Å². The number of esters is 3. The van der Waals surface area contributed by atoms with Crippen LogP contribution in [0.2, 0.25) is 0 Å². The molecular formula is C12H17ClO7. The Morgan fingerprint density at radius 1 is 1.10 bits per heavy atom. The van der Waals surface area contributed by atoms with Gasteiger partial charge in [0.25, 0.3) is 0 Å². The first-order valence-corrected chi connectivity index (χ1v) is 6.50. The lowest BCUT2D eigenvalue weighted by atomic mass is 10.0. The van der Waals surface area contributed by atoms with Crippen LogP contribution in [0.4, 0.5) is 0 Å². The molecule has 0 aromatic carbocycles. The number of carbonyl (C=O) groups excluding carboxylic acids is 3. The fourth-order valence-electron chi connectivity index (χ4n) is 1.88. The van der Waals surface area contributed by atoms with Crippen molar-refractivity contribution in [2.75, 3.05) is 6.61 Å². The summed E-state index contributed by atoms with van der Waals surface area (Å²) in [5.74, 6) is -1.59. The monoisotopic (exact) mass is 308 g/mol. The van der Waals surface area contributed by atoms with Crippen molar-refractivity contribution in [3.8, 4) is 0 Å². The van der Waals surface area contributed by atoms with Gasteiger partial charge in [0.15, 0.2) is 6.10 Å². The van der Waals surface area contributed by atoms with Crippen molar-refractivity contribution >= 4 is 29.5 Å². The van der Waals surface area contributed by atoms with Crippen LogP contribution in [-0.4, -0.2) is 48.4 Å². The summed E-state index contributed by atoms with van der Waals surface area (Å²) >= 11 is 5.91. The highest BCUT2D eigenvalue weighted by Gasteiger charge is 2.43. The summed E-state index contributed by atoms with van der Waals surface area (Å²) in [6.45, 7) is 3.56. The van der Waals surface area contributed by atoms with E-state index >= 15 is 0 Å². The molecule has 0 spiro atoms. The summed E-state index contributed by atoms with van der Waals surface area (Å²) in [7, 11) is 0. The quantitative estimate of drug-likeness (QED) is 0.430. The minimum Gasteiger partial charge on any atom is -0.463 e. The Hall–Kier alpha value is -1.34. The van der Waals surface area contributed by atoms with Crippen LogP contribution in [0.25, 0.3) is 0 Å². The summed E-state index contributed by atoms with van der Waals surface area (Å²) in [5.41, 5.74) is -0.730. The SMILES string of the molecule is CC(=O)OC[C@H]1O[C@H](Cl)C[C@@H](OC(C)=O)[C@H]1OC(C)=O. The van der Waals surface area contributed by atoms with Crippen LogP contribution in [0.5, 0.6) is 0 Å². The molecule has 4 atom stereocenters. The number of rotatable bonds is 4. The maximum absolute atomic E-state index is 11.1. The van der Waals surface area contributed by atoms with E-state index in [0.29, 0.717) is 0 Å². The molecule has 0 saturated carbocycles. The normalized spacial score (nSPS) is 29.4. The lowest BCUT2D eigenvalue weighted by molar-refractivity contribution is -0.205. The second-order valence-corrected chi connectivity index (χ2v) is 4.83. The zero-order valence-corrected chi connectivity index (χ0v) is 12.2. The number of ether oxygens (including phenoxy) is 4. The van der Waals surface area contributed by atoms with Gasteiger partial charge in [-0.3, -0.25) is 14.4 Å². The second kappa shape index (κ2) is 7.44. The number of hydrogen-bond donors (Lipinski definition) is 0. The van der Waals surface area contributed by atoms with E-state index in [2.05, 4.69) is 0 Å². The summed E-state index contributed by atoms with van der Waals surface area (Å²) in [5, 5.41) is 0. The van der Waals surface area contributed by atoms with Crippen molar-refractivity contribution in [2.45, 2.75) is 51.1 Å². The largest absolute Gasteiger partial charge is 0.463 e. The summed E-state index contributed by atoms with van der Waals surface area (Å²) < 4.78 is 20.4. The molecule has 1 aliphatic rings. The molecule has 0 N–H and O–H groups in total. The molecule has 1 rings (SSSR count). The smallest absolute Gasteiger partial charge is 0.303 e. The molecule has 0 aliphatic carbocycles. The summed E-state index contributed by atoms with van der Waals surface area (Å²) in [4.78, 5) is 33.1. The van der Waals surface area contributed by atoms with Gasteiger partial charge in [-0.2, -0.15) is 0 Å². The number of alkyl halides is 1. The molecule has 7 nitrogen and oxygen atoms in total. The molecule has 0 radical (unpaired) electrons. The Morgan fingerprint density at radius 2 is 1.70 bits per heavy atom. The van der Waals surface area contributed by atoms with E-state index in [1.54, 1.807) is 0 Å². The fourth-order valence-corrected chi connectivity index (χ4v) is 2.19. The standard InChI is InChI=1S/C12H17ClO7/c1-6(14)17-5-10-12(19-8(3)16)9(18-7(2)15)4-11(13)20-10/h9-12H,4-5H2,1-3H3/t9-,10-,11+,12-/m1/s1. The van der Waals surface area contributed by atoms with Crippen molar-refractivity contribution in [2.24, 2.45) is 0 Å². The van der Waals surface area contributed by atoms with Gasteiger partial charge in [-0.05, 0) is 0 Å². The minimum atomic E-state index is -0.870. The molecule has 0 amide bonds. The Balaban J connectivity index is 2.82. The van der Waals surface area contributed by atoms with Crippen LogP contribution < -0.4 is 0 Å². The Kier molecular flexibility index (Phi) is 6.22. The van der Waals surface area contributed by atoms with Crippen LogP contribution >= 0.6 is 11.6 Å². The Morgan fingerprint density at radius 3 is 2.20 bits per heavy atom.